The summed E-state index contributed by atoms with van der Waals surface area (Å²) < 4.78 is 11.0. The predicted octanol–water partition coefficient (Wildman–Crippen LogP) is -0.185. The van der Waals surface area contributed by atoms with Crippen LogP contribution < -0.4 is 0 Å². The molecule has 1 heterocycles. The van der Waals surface area contributed by atoms with Crippen LogP contribution in [0, 0.1) is 0 Å². The minimum absolute atomic E-state index is 0.259. The molecule has 1 aromatic rings. The number of hydrogen-bond donors (Lipinski definition) is 3. The summed E-state index contributed by atoms with van der Waals surface area (Å²) in [7, 11) is 0. The van der Waals surface area contributed by atoms with Crippen LogP contribution in [0.1, 0.15) is 11.9 Å². The second-order valence-electron chi connectivity index (χ2n) is 3.95. The lowest BCUT2D eigenvalue weighted by molar-refractivity contribution is -0.0917. The van der Waals surface area contributed by atoms with Gasteiger partial charge in [0.1, 0.15) is 18.3 Å². The molecule has 0 spiro atoms. The van der Waals surface area contributed by atoms with E-state index in [2.05, 4.69) is 0 Å². The second kappa shape index (κ2) is 5.57. The van der Waals surface area contributed by atoms with Gasteiger partial charge >= 0.3 is 0 Å². The van der Waals surface area contributed by atoms with Gasteiger partial charge in [-0.15, -0.1) is 0 Å². The molecule has 17 heavy (non-hydrogen) atoms. The lowest BCUT2D eigenvalue weighted by atomic mass is 10.1. The van der Waals surface area contributed by atoms with Gasteiger partial charge in [-0.1, -0.05) is 30.3 Å². The van der Waals surface area contributed by atoms with Gasteiger partial charge in [0.2, 0.25) is 0 Å². The van der Waals surface area contributed by atoms with Gasteiger partial charge in [-0.25, -0.2) is 0 Å². The lowest BCUT2D eigenvalue weighted by Gasteiger charge is -2.18. The van der Waals surface area contributed by atoms with E-state index in [9.17, 15) is 5.11 Å². The SMILES string of the molecule is OC[C@H](O)[C@H]1OC(c2ccccc2)O[C@@H]1CO. The monoisotopic (exact) mass is 240 g/mol. The standard InChI is InChI=1S/C12H16O5/c13-6-9(15)11-10(7-14)16-12(17-11)8-4-2-1-3-5-8/h1-5,9-15H,6-7H2/t9-,10+,11+,12?/m0/s1. The first-order valence-corrected chi connectivity index (χ1v) is 5.52. The first kappa shape index (κ1) is 12.5. The van der Waals surface area contributed by atoms with E-state index in [4.69, 9.17) is 19.7 Å². The maximum absolute atomic E-state index is 9.56. The van der Waals surface area contributed by atoms with Crippen molar-refractivity contribution >= 4 is 0 Å². The molecule has 0 bridgehead atoms. The summed E-state index contributed by atoms with van der Waals surface area (Å²) in [5.41, 5.74) is 0.818. The molecule has 0 aliphatic carbocycles. The third kappa shape index (κ3) is 2.65. The van der Waals surface area contributed by atoms with Gasteiger partial charge < -0.3 is 24.8 Å². The van der Waals surface area contributed by atoms with Gasteiger partial charge in [-0.3, -0.25) is 0 Å². The molecule has 1 unspecified atom stereocenters. The topological polar surface area (TPSA) is 79.2 Å². The quantitative estimate of drug-likeness (QED) is 0.680. The highest BCUT2D eigenvalue weighted by Gasteiger charge is 2.40. The Morgan fingerprint density at radius 3 is 2.41 bits per heavy atom. The maximum atomic E-state index is 9.56. The molecule has 0 radical (unpaired) electrons. The highest BCUT2D eigenvalue weighted by atomic mass is 16.7. The van der Waals surface area contributed by atoms with Gasteiger partial charge in [0.25, 0.3) is 0 Å². The smallest absolute Gasteiger partial charge is 0.184 e. The molecule has 94 valence electrons. The number of ether oxygens (including phenoxy) is 2. The molecule has 1 aromatic carbocycles. The van der Waals surface area contributed by atoms with E-state index in [1.54, 1.807) is 0 Å². The van der Waals surface area contributed by atoms with Crippen molar-refractivity contribution in [1.82, 2.24) is 0 Å². The molecule has 5 nitrogen and oxygen atoms in total. The van der Waals surface area contributed by atoms with E-state index in [0.29, 0.717) is 0 Å². The van der Waals surface area contributed by atoms with E-state index < -0.39 is 31.2 Å². The highest BCUT2D eigenvalue weighted by Crippen LogP contribution is 2.32. The maximum Gasteiger partial charge on any atom is 0.184 e. The molecule has 0 saturated carbocycles. The van der Waals surface area contributed by atoms with Gasteiger partial charge in [0, 0.05) is 5.56 Å². The molecule has 1 fully saturated rings. The Morgan fingerprint density at radius 1 is 1.12 bits per heavy atom. The largest absolute Gasteiger partial charge is 0.394 e. The molecule has 3 N–H and O–H groups in total. The fourth-order valence-electron chi connectivity index (χ4n) is 1.86. The van der Waals surface area contributed by atoms with Crippen LogP contribution in [0.3, 0.4) is 0 Å². The summed E-state index contributed by atoms with van der Waals surface area (Å²) >= 11 is 0. The highest BCUT2D eigenvalue weighted by molar-refractivity contribution is 5.16. The minimum Gasteiger partial charge on any atom is -0.394 e. The Morgan fingerprint density at radius 2 is 1.82 bits per heavy atom. The third-order valence-electron chi connectivity index (χ3n) is 2.76. The second-order valence-corrected chi connectivity index (χ2v) is 3.95. The van der Waals surface area contributed by atoms with E-state index in [1.165, 1.54) is 0 Å². The fourth-order valence-corrected chi connectivity index (χ4v) is 1.86. The average molecular weight is 240 g/mol. The van der Waals surface area contributed by atoms with Crippen molar-refractivity contribution in [3.05, 3.63) is 35.9 Å². The Labute approximate surface area is 99.2 Å². The minimum atomic E-state index is -1.05. The summed E-state index contributed by atoms with van der Waals surface area (Å²) in [4.78, 5) is 0. The number of aliphatic hydroxyl groups is 3. The van der Waals surface area contributed by atoms with Crippen LogP contribution in [0.15, 0.2) is 30.3 Å². The summed E-state index contributed by atoms with van der Waals surface area (Å²) in [6.07, 6.45) is -3.00. The molecule has 0 aromatic heterocycles. The van der Waals surface area contributed by atoms with Crippen LogP contribution in [-0.2, 0) is 9.47 Å². The van der Waals surface area contributed by atoms with E-state index in [-0.39, 0.29) is 6.61 Å². The number of benzene rings is 1. The van der Waals surface area contributed by atoms with Gasteiger partial charge in [0.05, 0.1) is 13.2 Å². The molecular weight excluding hydrogens is 224 g/mol. The molecule has 1 aliphatic rings. The molecule has 0 amide bonds. The van der Waals surface area contributed by atoms with E-state index in [0.717, 1.165) is 5.56 Å². The van der Waals surface area contributed by atoms with Crippen molar-refractivity contribution in [1.29, 1.82) is 0 Å². The fraction of sp³-hybridized carbons (Fsp3) is 0.500. The first-order chi connectivity index (χ1) is 8.26. The molecule has 2 rings (SSSR count). The van der Waals surface area contributed by atoms with Crippen molar-refractivity contribution in [3.63, 3.8) is 0 Å². The molecule has 1 saturated heterocycles. The van der Waals surface area contributed by atoms with Gasteiger partial charge in [0.15, 0.2) is 6.29 Å². The van der Waals surface area contributed by atoms with Crippen LogP contribution >= 0.6 is 0 Å². The summed E-state index contributed by atoms with van der Waals surface area (Å²) in [6, 6.07) is 9.26. The Kier molecular flexibility index (Phi) is 4.09. The van der Waals surface area contributed by atoms with Crippen LogP contribution in [0.25, 0.3) is 0 Å². The Hall–Kier alpha value is -0.980. The normalized spacial score (nSPS) is 30.4. The zero-order chi connectivity index (χ0) is 12.3. The third-order valence-corrected chi connectivity index (χ3v) is 2.76. The van der Waals surface area contributed by atoms with Crippen molar-refractivity contribution in [2.75, 3.05) is 13.2 Å². The zero-order valence-corrected chi connectivity index (χ0v) is 9.27. The van der Waals surface area contributed by atoms with Crippen molar-refractivity contribution < 1.29 is 24.8 Å². The van der Waals surface area contributed by atoms with Crippen LogP contribution in [0.5, 0.6) is 0 Å². The summed E-state index contributed by atoms with van der Waals surface area (Å²) in [5, 5.41) is 27.6. The lowest BCUT2D eigenvalue weighted by Crippen LogP contribution is -2.39. The van der Waals surface area contributed by atoms with Gasteiger partial charge in [-0.05, 0) is 0 Å². The molecule has 5 heteroatoms. The molecule has 1 aliphatic heterocycles. The number of rotatable bonds is 4. The zero-order valence-electron chi connectivity index (χ0n) is 9.27. The first-order valence-electron chi connectivity index (χ1n) is 5.52. The molecular formula is C12H16O5. The summed E-state index contributed by atoms with van der Waals surface area (Å²) in [5.74, 6) is 0. The molecule has 4 atom stereocenters. The van der Waals surface area contributed by atoms with Gasteiger partial charge in [-0.2, -0.15) is 0 Å². The predicted molar refractivity (Wildman–Crippen MR) is 59.1 cm³/mol. The van der Waals surface area contributed by atoms with Crippen LogP contribution in [0.2, 0.25) is 0 Å². The van der Waals surface area contributed by atoms with Crippen LogP contribution in [0.4, 0.5) is 0 Å². The number of aliphatic hydroxyl groups excluding tert-OH is 3. The number of hydrogen-bond acceptors (Lipinski definition) is 5. The Bertz CT molecular complexity index is 342. The van der Waals surface area contributed by atoms with Crippen LogP contribution in [-0.4, -0.2) is 46.8 Å². The Balaban J connectivity index is 2.09. The van der Waals surface area contributed by atoms with Crippen molar-refractivity contribution in [2.45, 2.75) is 24.6 Å². The average Bonchev–Trinajstić information content (AvgIpc) is 2.83. The van der Waals surface area contributed by atoms with Crippen molar-refractivity contribution in [3.8, 4) is 0 Å². The summed E-state index contributed by atoms with van der Waals surface area (Å²) in [6.45, 7) is -0.683. The van der Waals surface area contributed by atoms with E-state index >= 15 is 0 Å². The van der Waals surface area contributed by atoms with E-state index in [1.807, 2.05) is 30.3 Å². The van der Waals surface area contributed by atoms with Crippen molar-refractivity contribution in [2.24, 2.45) is 0 Å².